The van der Waals surface area contributed by atoms with Gasteiger partial charge in [0.05, 0.1) is 34.5 Å². The third-order valence-electron chi connectivity index (χ3n) is 5.59. The number of amides is 1. The number of hydrogen-bond donors (Lipinski definition) is 2. The molecule has 0 bridgehead atoms. The molecular formula is C21H22Cl2F3N3O2. The summed E-state index contributed by atoms with van der Waals surface area (Å²) in [7, 11) is 1.51. The van der Waals surface area contributed by atoms with Gasteiger partial charge in [0, 0.05) is 12.6 Å². The highest BCUT2D eigenvalue weighted by atomic mass is 35.5. The molecule has 3 rings (SSSR count). The molecule has 31 heavy (non-hydrogen) atoms. The molecule has 1 aromatic carbocycles. The second-order valence-corrected chi connectivity index (χ2v) is 8.38. The molecule has 2 aromatic rings. The molecule has 0 unspecified atom stereocenters. The highest BCUT2D eigenvalue weighted by Crippen LogP contribution is 2.42. The van der Waals surface area contributed by atoms with E-state index in [1.807, 2.05) is 0 Å². The fourth-order valence-electron chi connectivity index (χ4n) is 3.88. The normalized spacial score (nSPS) is 19.2. The number of ether oxygens (including phenoxy) is 1. The summed E-state index contributed by atoms with van der Waals surface area (Å²) in [4.78, 5) is 15.9. The summed E-state index contributed by atoms with van der Waals surface area (Å²) in [5, 5.41) is 3.70. The van der Waals surface area contributed by atoms with Crippen LogP contribution in [0.25, 0.3) is 0 Å². The van der Waals surface area contributed by atoms with Gasteiger partial charge in [-0.25, -0.2) is 4.98 Å². The number of nitrogens with two attached hydrogens (primary N) is 1. The first-order valence-corrected chi connectivity index (χ1v) is 10.5. The molecular weight excluding hydrogens is 454 g/mol. The van der Waals surface area contributed by atoms with Gasteiger partial charge in [-0.05, 0) is 55.2 Å². The molecule has 1 heterocycles. The Balaban J connectivity index is 1.67. The van der Waals surface area contributed by atoms with Crippen LogP contribution in [0.4, 0.5) is 19.0 Å². The zero-order valence-electron chi connectivity index (χ0n) is 16.7. The molecule has 1 fully saturated rings. The standard InChI is InChI=1S/C21H22Cl2F3N3O2/c1-31-17-10-29-18(8-16(17)22)28-9-11-2-4-12(5-3-11)14-6-13(21(24,25)26)7-15(19(14)23)20(27)30/h6-8,10-12H,2-5,9H2,1H3,(H2,27,30)(H,28,29). The van der Waals surface area contributed by atoms with E-state index in [-0.39, 0.29) is 16.5 Å². The van der Waals surface area contributed by atoms with Gasteiger partial charge < -0.3 is 15.8 Å². The summed E-state index contributed by atoms with van der Waals surface area (Å²) >= 11 is 12.4. The Hall–Kier alpha value is -2.19. The van der Waals surface area contributed by atoms with Crippen molar-refractivity contribution in [3.63, 3.8) is 0 Å². The molecule has 0 radical (unpaired) electrons. The predicted molar refractivity (Wildman–Crippen MR) is 114 cm³/mol. The highest BCUT2D eigenvalue weighted by molar-refractivity contribution is 6.34. The van der Waals surface area contributed by atoms with E-state index in [0.717, 1.165) is 25.0 Å². The maximum atomic E-state index is 13.3. The molecule has 1 saturated carbocycles. The molecule has 0 atom stereocenters. The number of carbonyl (C=O) groups is 1. The first-order valence-electron chi connectivity index (χ1n) is 9.74. The summed E-state index contributed by atoms with van der Waals surface area (Å²) in [6, 6.07) is 3.44. The van der Waals surface area contributed by atoms with Crippen LogP contribution in [-0.4, -0.2) is 24.5 Å². The molecule has 1 amide bonds. The van der Waals surface area contributed by atoms with Crippen molar-refractivity contribution in [1.29, 1.82) is 0 Å². The Bertz CT molecular complexity index is 962. The molecule has 168 valence electrons. The summed E-state index contributed by atoms with van der Waals surface area (Å²) < 4.78 is 44.9. The number of rotatable bonds is 6. The number of nitrogens with one attached hydrogen (secondary N) is 1. The number of halogens is 5. The van der Waals surface area contributed by atoms with Gasteiger partial charge in [0.25, 0.3) is 0 Å². The van der Waals surface area contributed by atoms with Crippen LogP contribution in [0.3, 0.4) is 0 Å². The predicted octanol–water partition coefficient (Wildman–Crippen LogP) is 5.90. The third kappa shape index (κ3) is 5.54. The molecule has 1 aliphatic rings. The highest BCUT2D eigenvalue weighted by Gasteiger charge is 2.34. The first kappa shape index (κ1) is 23.5. The van der Waals surface area contributed by atoms with Gasteiger partial charge in [0.15, 0.2) is 5.75 Å². The van der Waals surface area contributed by atoms with Gasteiger partial charge in [-0.2, -0.15) is 13.2 Å². The molecule has 3 N–H and O–H groups in total. The third-order valence-corrected chi connectivity index (χ3v) is 6.31. The number of nitrogens with zero attached hydrogens (tertiary/aromatic N) is 1. The lowest BCUT2D eigenvalue weighted by atomic mass is 9.78. The lowest BCUT2D eigenvalue weighted by Crippen LogP contribution is -2.22. The van der Waals surface area contributed by atoms with Crippen molar-refractivity contribution in [3.8, 4) is 5.75 Å². The molecule has 5 nitrogen and oxygen atoms in total. The fourth-order valence-corrected chi connectivity index (χ4v) is 4.46. The topological polar surface area (TPSA) is 77.2 Å². The second-order valence-electron chi connectivity index (χ2n) is 7.59. The van der Waals surface area contributed by atoms with Crippen molar-refractivity contribution in [2.24, 2.45) is 11.7 Å². The van der Waals surface area contributed by atoms with E-state index in [0.29, 0.717) is 47.5 Å². The molecule has 0 aliphatic heterocycles. The van der Waals surface area contributed by atoms with Crippen molar-refractivity contribution in [1.82, 2.24) is 4.98 Å². The summed E-state index contributed by atoms with van der Waals surface area (Å²) in [6.45, 7) is 0.658. The number of alkyl halides is 3. The van der Waals surface area contributed by atoms with Crippen LogP contribution >= 0.6 is 23.2 Å². The number of aromatic nitrogens is 1. The van der Waals surface area contributed by atoms with Crippen LogP contribution < -0.4 is 15.8 Å². The Morgan fingerprint density at radius 1 is 1.23 bits per heavy atom. The number of anilines is 1. The zero-order valence-corrected chi connectivity index (χ0v) is 18.2. The quantitative estimate of drug-likeness (QED) is 0.544. The Morgan fingerprint density at radius 3 is 2.45 bits per heavy atom. The average Bonchev–Trinajstić information content (AvgIpc) is 2.72. The maximum absolute atomic E-state index is 13.3. The van der Waals surface area contributed by atoms with E-state index in [2.05, 4.69) is 10.3 Å². The van der Waals surface area contributed by atoms with Crippen LogP contribution in [0, 0.1) is 5.92 Å². The summed E-state index contributed by atoms with van der Waals surface area (Å²) in [5.41, 5.74) is 4.38. The van der Waals surface area contributed by atoms with Gasteiger partial charge >= 0.3 is 6.18 Å². The van der Waals surface area contributed by atoms with E-state index in [9.17, 15) is 18.0 Å². The molecule has 1 aromatic heterocycles. The number of hydrogen-bond acceptors (Lipinski definition) is 4. The van der Waals surface area contributed by atoms with Crippen LogP contribution in [0.2, 0.25) is 10.0 Å². The minimum Gasteiger partial charge on any atom is -0.494 e. The van der Waals surface area contributed by atoms with Crippen LogP contribution in [0.5, 0.6) is 5.75 Å². The second kappa shape index (κ2) is 9.53. The number of primary amides is 1. The lowest BCUT2D eigenvalue weighted by molar-refractivity contribution is -0.137. The van der Waals surface area contributed by atoms with Crippen molar-refractivity contribution in [2.45, 2.75) is 37.8 Å². The van der Waals surface area contributed by atoms with E-state index in [4.69, 9.17) is 33.7 Å². The van der Waals surface area contributed by atoms with Crippen molar-refractivity contribution >= 4 is 34.9 Å². The fraction of sp³-hybridized carbons (Fsp3) is 0.429. The average molecular weight is 476 g/mol. The zero-order chi connectivity index (χ0) is 22.8. The Morgan fingerprint density at radius 2 is 1.90 bits per heavy atom. The first-order chi connectivity index (χ1) is 14.6. The van der Waals surface area contributed by atoms with E-state index in [1.165, 1.54) is 13.3 Å². The van der Waals surface area contributed by atoms with E-state index < -0.39 is 17.6 Å². The number of carbonyl (C=O) groups excluding carboxylic acids is 1. The largest absolute Gasteiger partial charge is 0.494 e. The van der Waals surface area contributed by atoms with Gasteiger partial charge in [0.1, 0.15) is 5.82 Å². The lowest BCUT2D eigenvalue weighted by Gasteiger charge is -2.30. The van der Waals surface area contributed by atoms with E-state index >= 15 is 0 Å². The molecule has 0 saturated heterocycles. The maximum Gasteiger partial charge on any atom is 0.416 e. The number of benzene rings is 1. The summed E-state index contributed by atoms with van der Waals surface area (Å²) in [6.07, 6.45) is -0.157. The monoisotopic (exact) mass is 475 g/mol. The minimum absolute atomic E-state index is 0.0131. The van der Waals surface area contributed by atoms with E-state index in [1.54, 1.807) is 6.07 Å². The van der Waals surface area contributed by atoms with Crippen LogP contribution in [0.15, 0.2) is 24.4 Å². The number of pyridine rings is 1. The molecule has 10 heteroatoms. The molecule has 0 spiro atoms. The molecule has 1 aliphatic carbocycles. The van der Waals surface area contributed by atoms with Crippen molar-refractivity contribution in [2.75, 3.05) is 19.0 Å². The van der Waals surface area contributed by atoms with Gasteiger partial charge in [-0.1, -0.05) is 23.2 Å². The minimum atomic E-state index is -4.59. The number of methoxy groups -OCH3 is 1. The van der Waals surface area contributed by atoms with Gasteiger partial charge in [-0.15, -0.1) is 0 Å². The summed E-state index contributed by atoms with van der Waals surface area (Å²) in [5.74, 6) is 0.290. The van der Waals surface area contributed by atoms with Gasteiger partial charge in [-0.3, -0.25) is 4.79 Å². The van der Waals surface area contributed by atoms with Crippen LogP contribution in [0.1, 0.15) is 53.1 Å². The Kier molecular flexibility index (Phi) is 7.21. The van der Waals surface area contributed by atoms with Crippen molar-refractivity contribution < 1.29 is 22.7 Å². The van der Waals surface area contributed by atoms with Crippen molar-refractivity contribution in [3.05, 3.63) is 51.1 Å². The van der Waals surface area contributed by atoms with Crippen LogP contribution in [-0.2, 0) is 6.18 Å². The SMILES string of the molecule is COc1cnc(NCC2CCC(c3cc(C(F)(F)F)cc(C(N)=O)c3Cl)CC2)cc1Cl. The van der Waals surface area contributed by atoms with Gasteiger partial charge in [0.2, 0.25) is 5.91 Å². The Labute approximate surface area is 188 Å². The smallest absolute Gasteiger partial charge is 0.416 e.